The third kappa shape index (κ3) is 1.62. The van der Waals surface area contributed by atoms with Crippen molar-refractivity contribution in [2.45, 2.75) is 6.04 Å². The third-order valence-electron chi connectivity index (χ3n) is 3.26. The zero-order valence-corrected chi connectivity index (χ0v) is 9.44. The molecule has 1 aromatic carbocycles. The summed E-state index contributed by atoms with van der Waals surface area (Å²) in [7, 11) is 2.16. The highest BCUT2D eigenvalue weighted by Gasteiger charge is 2.21. The summed E-state index contributed by atoms with van der Waals surface area (Å²) in [5.41, 5.74) is 2.26. The molecule has 16 heavy (non-hydrogen) atoms. The smallest absolute Gasteiger partial charge is 0.134 e. The molecule has 0 amide bonds. The lowest BCUT2D eigenvalue weighted by Crippen LogP contribution is -2.43. The highest BCUT2D eigenvalue weighted by atomic mass is 16.3. The molecule has 3 heteroatoms. The van der Waals surface area contributed by atoms with Crippen molar-refractivity contribution in [2.24, 2.45) is 0 Å². The number of likely N-dealkylation sites (N-methyl/N-ethyl adjacent to an activating group) is 1. The number of benzene rings is 1. The van der Waals surface area contributed by atoms with Gasteiger partial charge in [0.1, 0.15) is 5.58 Å². The second-order valence-electron chi connectivity index (χ2n) is 4.46. The van der Waals surface area contributed by atoms with Gasteiger partial charge in [0.2, 0.25) is 0 Å². The lowest BCUT2D eigenvalue weighted by molar-refractivity contribution is 0.241. The third-order valence-corrected chi connectivity index (χ3v) is 3.26. The maximum Gasteiger partial charge on any atom is 0.134 e. The van der Waals surface area contributed by atoms with Crippen LogP contribution in [0.2, 0.25) is 0 Å². The van der Waals surface area contributed by atoms with Crippen molar-refractivity contribution in [1.29, 1.82) is 0 Å². The lowest BCUT2D eigenvalue weighted by atomic mass is 10.0. The van der Waals surface area contributed by atoms with Gasteiger partial charge in [-0.05, 0) is 13.1 Å². The molecule has 2 aromatic rings. The summed E-state index contributed by atoms with van der Waals surface area (Å²) in [6.07, 6.45) is 1.89. The predicted molar refractivity (Wildman–Crippen MR) is 64.5 cm³/mol. The van der Waals surface area contributed by atoms with E-state index in [1.165, 1.54) is 10.9 Å². The molecule has 1 fully saturated rings. The van der Waals surface area contributed by atoms with Gasteiger partial charge >= 0.3 is 0 Å². The summed E-state index contributed by atoms with van der Waals surface area (Å²) in [4.78, 5) is 2.35. The maximum atomic E-state index is 5.58. The van der Waals surface area contributed by atoms with Crippen molar-refractivity contribution in [3.63, 3.8) is 0 Å². The molecule has 1 N–H and O–H groups in total. The molecule has 2 heterocycles. The van der Waals surface area contributed by atoms with Crippen LogP contribution in [0, 0.1) is 0 Å². The molecule has 3 nitrogen and oxygen atoms in total. The van der Waals surface area contributed by atoms with Gasteiger partial charge in [0.25, 0.3) is 0 Å². The zero-order valence-electron chi connectivity index (χ0n) is 9.44. The Kier molecular flexibility index (Phi) is 2.42. The number of hydrogen-bond acceptors (Lipinski definition) is 3. The fourth-order valence-corrected chi connectivity index (χ4v) is 2.37. The molecule has 3 rings (SSSR count). The second kappa shape index (κ2) is 3.92. The number of hydrogen-bond donors (Lipinski definition) is 1. The molecular weight excluding hydrogens is 200 g/mol. The second-order valence-corrected chi connectivity index (χ2v) is 4.46. The van der Waals surface area contributed by atoms with Crippen LogP contribution in [-0.4, -0.2) is 31.6 Å². The van der Waals surface area contributed by atoms with E-state index >= 15 is 0 Å². The van der Waals surface area contributed by atoms with E-state index in [1.54, 1.807) is 0 Å². The SMILES string of the molecule is CN1CCNC(c2coc3ccccc23)C1. The average Bonchev–Trinajstić information content (AvgIpc) is 2.72. The van der Waals surface area contributed by atoms with Crippen LogP contribution in [0.4, 0.5) is 0 Å². The van der Waals surface area contributed by atoms with E-state index in [0.717, 1.165) is 25.2 Å². The van der Waals surface area contributed by atoms with E-state index in [-0.39, 0.29) is 0 Å². The number of fused-ring (bicyclic) bond motifs is 1. The van der Waals surface area contributed by atoms with Gasteiger partial charge < -0.3 is 14.6 Å². The number of rotatable bonds is 1. The number of furan rings is 1. The first kappa shape index (κ1) is 9.87. The molecule has 1 aliphatic rings. The number of piperazine rings is 1. The lowest BCUT2D eigenvalue weighted by Gasteiger charge is -2.30. The Morgan fingerprint density at radius 1 is 1.38 bits per heavy atom. The van der Waals surface area contributed by atoms with Crippen LogP contribution in [0.1, 0.15) is 11.6 Å². The topological polar surface area (TPSA) is 28.4 Å². The zero-order chi connectivity index (χ0) is 11.0. The van der Waals surface area contributed by atoms with Gasteiger partial charge in [-0.25, -0.2) is 0 Å². The molecule has 0 aliphatic carbocycles. The Hall–Kier alpha value is -1.32. The fraction of sp³-hybridized carbons (Fsp3) is 0.385. The summed E-state index contributed by atoms with van der Waals surface area (Å²) in [6.45, 7) is 3.20. The Balaban J connectivity index is 1.99. The number of nitrogens with zero attached hydrogens (tertiary/aromatic N) is 1. The molecule has 0 radical (unpaired) electrons. The highest BCUT2D eigenvalue weighted by Crippen LogP contribution is 2.27. The maximum absolute atomic E-state index is 5.58. The molecule has 1 atom stereocenters. The first-order valence-corrected chi connectivity index (χ1v) is 5.72. The van der Waals surface area contributed by atoms with Crippen LogP contribution >= 0.6 is 0 Å². The van der Waals surface area contributed by atoms with Crippen molar-refractivity contribution in [1.82, 2.24) is 10.2 Å². The van der Waals surface area contributed by atoms with Crippen LogP contribution in [0.5, 0.6) is 0 Å². The Morgan fingerprint density at radius 3 is 3.12 bits per heavy atom. The molecule has 1 saturated heterocycles. The van der Waals surface area contributed by atoms with E-state index < -0.39 is 0 Å². The summed E-state index contributed by atoms with van der Waals surface area (Å²) in [5.74, 6) is 0. The number of nitrogens with one attached hydrogen (secondary N) is 1. The summed E-state index contributed by atoms with van der Waals surface area (Å²) >= 11 is 0. The minimum Gasteiger partial charge on any atom is -0.464 e. The molecule has 1 aliphatic heterocycles. The summed E-state index contributed by atoms with van der Waals surface area (Å²) in [6, 6.07) is 8.61. The van der Waals surface area contributed by atoms with Gasteiger partial charge in [0.15, 0.2) is 0 Å². The Morgan fingerprint density at radius 2 is 2.25 bits per heavy atom. The number of para-hydroxylation sites is 1. The standard InChI is InChI=1S/C13H16N2O/c1-15-7-6-14-12(8-15)11-9-16-13-5-3-2-4-10(11)13/h2-5,9,12,14H,6-8H2,1H3. The summed E-state index contributed by atoms with van der Waals surface area (Å²) in [5, 5.41) is 4.77. The molecule has 0 saturated carbocycles. The fourth-order valence-electron chi connectivity index (χ4n) is 2.37. The normalized spacial score (nSPS) is 22.7. The van der Waals surface area contributed by atoms with Crippen molar-refractivity contribution in [3.8, 4) is 0 Å². The molecule has 1 aromatic heterocycles. The van der Waals surface area contributed by atoms with Crippen molar-refractivity contribution < 1.29 is 4.42 Å². The van der Waals surface area contributed by atoms with Gasteiger partial charge in [0, 0.05) is 36.6 Å². The molecule has 0 bridgehead atoms. The van der Waals surface area contributed by atoms with Crippen molar-refractivity contribution >= 4 is 11.0 Å². The van der Waals surface area contributed by atoms with Crippen molar-refractivity contribution in [3.05, 3.63) is 36.1 Å². The van der Waals surface area contributed by atoms with Gasteiger partial charge in [-0.2, -0.15) is 0 Å². The minimum absolute atomic E-state index is 0.391. The molecule has 84 valence electrons. The van der Waals surface area contributed by atoms with Crippen LogP contribution in [0.3, 0.4) is 0 Å². The van der Waals surface area contributed by atoms with Crippen LogP contribution in [0.25, 0.3) is 11.0 Å². The van der Waals surface area contributed by atoms with Crippen LogP contribution < -0.4 is 5.32 Å². The first-order chi connectivity index (χ1) is 7.84. The van der Waals surface area contributed by atoms with Gasteiger partial charge in [0.05, 0.1) is 6.26 Å². The van der Waals surface area contributed by atoms with Gasteiger partial charge in [-0.3, -0.25) is 0 Å². The van der Waals surface area contributed by atoms with Crippen LogP contribution in [-0.2, 0) is 0 Å². The highest BCUT2D eigenvalue weighted by molar-refractivity contribution is 5.81. The molecule has 1 unspecified atom stereocenters. The van der Waals surface area contributed by atoms with Crippen LogP contribution in [0.15, 0.2) is 34.9 Å². The molecular formula is C13H16N2O. The van der Waals surface area contributed by atoms with Crippen molar-refractivity contribution in [2.75, 3.05) is 26.7 Å². The van der Waals surface area contributed by atoms with E-state index in [9.17, 15) is 0 Å². The quantitative estimate of drug-likeness (QED) is 0.790. The Labute approximate surface area is 95.0 Å². The average molecular weight is 216 g/mol. The predicted octanol–water partition coefficient (Wildman–Crippen LogP) is 2.01. The first-order valence-electron chi connectivity index (χ1n) is 5.72. The van der Waals surface area contributed by atoms with E-state index in [2.05, 4.69) is 29.4 Å². The van der Waals surface area contributed by atoms with Gasteiger partial charge in [-0.15, -0.1) is 0 Å². The minimum atomic E-state index is 0.391. The van der Waals surface area contributed by atoms with E-state index in [1.807, 2.05) is 18.4 Å². The van der Waals surface area contributed by atoms with Gasteiger partial charge in [-0.1, -0.05) is 18.2 Å². The summed E-state index contributed by atoms with van der Waals surface area (Å²) < 4.78 is 5.58. The Bertz CT molecular complexity index is 491. The monoisotopic (exact) mass is 216 g/mol. The largest absolute Gasteiger partial charge is 0.464 e. The van der Waals surface area contributed by atoms with E-state index in [4.69, 9.17) is 4.42 Å². The molecule has 0 spiro atoms. The van der Waals surface area contributed by atoms with E-state index in [0.29, 0.717) is 6.04 Å².